The Morgan fingerprint density at radius 1 is 1.22 bits per heavy atom. The van der Waals surface area contributed by atoms with Crippen molar-refractivity contribution >= 4 is 37.4 Å². The van der Waals surface area contributed by atoms with Crippen LogP contribution in [0.1, 0.15) is 13.8 Å². The molecule has 10 heteroatoms. The summed E-state index contributed by atoms with van der Waals surface area (Å²) in [4.78, 5) is 11.2. The largest absolute Gasteiger partial charge is 0.355 e. The van der Waals surface area contributed by atoms with E-state index >= 15 is 0 Å². The fourth-order valence-corrected chi connectivity index (χ4v) is 4.46. The summed E-state index contributed by atoms with van der Waals surface area (Å²) in [5, 5.41) is 2.41. The van der Waals surface area contributed by atoms with E-state index in [1.54, 1.807) is 13.8 Å². The fraction of sp³-hybridized carbons (Fsp3) is 0.462. The molecule has 0 atom stereocenters. The zero-order chi connectivity index (χ0) is 17.8. The van der Waals surface area contributed by atoms with Crippen molar-refractivity contribution in [2.24, 2.45) is 0 Å². The molecule has 7 nitrogen and oxygen atoms in total. The molecular weight excluding hydrogens is 364 g/mol. The second-order valence-corrected chi connectivity index (χ2v) is 9.08. The average molecular weight is 383 g/mol. The van der Waals surface area contributed by atoms with Gasteiger partial charge in [-0.3, -0.25) is 4.79 Å². The van der Waals surface area contributed by atoms with Gasteiger partial charge in [0.1, 0.15) is 4.90 Å². The Morgan fingerprint density at radius 2 is 1.83 bits per heavy atom. The molecule has 0 aliphatic heterocycles. The van der Waals surface area contributed by atoms with Crippen LogP contribution in [0.25, 0.3) is 0 Å². The molecule has 0 fully saturated rings. The highest BCUT2D eigenvalue weighted by atomic mass is 35.5. The summed E-state index contributed by atoms with van der Waals surface area (Å²) in [6.45, 7) is 3.34. The number of carbonyl (C=O) groups is 1. The predicted molar refractivity (Wildman–Crippen MR) is 87.7 cm³/mol. The summed E-state index contributed by atoms with van der Waals surface area (Å²) in [5.74, 6) is -0.451. The van der Waals surface area contributed by atoms with Gasteiger partial charge in [-0.05, 0) is 25.1 Å². The molecule has 0 saturated carbocycles. The van der Waals surface area contributed by atoms with E-state index in [1.807, 2.05) is 0 Å². The average Bonchev–Trinajstić information content (AvgIpc) is 2.43. The predicted octanol–water partition coefficient (Wildman–Crippen LogP) is 0.890. The van der Waals surface area contributed by atoms with Gasteiger partial charge < -0.3 is 5.32 Å². The van der Waals surface area contributed by atoms with Crippen LogP contribution in [-0.4, -0.2) is 52.9 Å². The summed E-state index contributed by atoms with van der Waals surface area (Å²) in [7, 11) is -7.69. The second kappa shape index (κ2) is 7.61. The lowest BCUT2D eigenvalue weighted by Gasteiger charge is -2.20. The minimum absolute atomic E-state index is 0.0406. The SMILES string of the molecule is CCNC(=O)CN(CC)S(=O)(=O)c1cc(S(C)(=O)=O)ccc1Cl. The number of sulfone groups is 1. The van der Waals surface area contributed by atoms with E-state index in [0.717, 1.165) is 16.6 Å². The van der Waals surface area contributed by atoms with Crippen LogP contribution in [0.4, 0.5) is 0 Å². The first-order chi connectivity index (χ1) is 10.5. The van der Waals surface area contributed by atoms with Crippen molar-refractivity contribution in [3.8, 4) is 0 Å². The maximum Gasteiger partial charge on any atom is 0.245 e. The summed E-state index contributed by atoms with van der Waals surface area (Å²) < 4.78 is 49.5. The van der Waals surface area contributed by atoms with E-state index in [1.165, 1.54) is 12.1 Å². The van der Waals surface area contributed by atoms with Gasteiger partial charge in [-0.15, -0.1) is 0 Å². The topological polar surface area (TPSA) is 101 Å². The third kappa shape index (κ3) is 4.90. The van der Waals surface area contributed by atoms with Crippen molar-refractivity contribution in [1.29, 1.82) is 0 Å². The molecule has 1 aromatic carbocycles. The summed E-state index contributed by atoms with van der Waals surface area (Å²) in [5.41, 5.74) is 0. The van der Waals surface area contributed by atoms with Crippen LogP contribution in [0.5, 0.6) is 0 Å². The van der Waals surface area contributed by atoms with E-state index in [9.17, 15) is 21.6 Å². The van der Waals surface area contributed by atoms with Gasteiger partial charge in [0.25, 0.3) is 0 Å². The number of nitrogens with zero attached hydrogens (tertiary/aromatic N) is 1. The van der Waals surface area contributed by atoms with E-state index in [4.69, 9.17) is 11.6 Å². The molecule has 1 aromatic rings. The molecule has 0 heterocycles. The number of halogens is 1. The molecule has 0 radical (unpaired) electrons. The number of amides is 1. The number of hydrogen-bond donors (Lipinski definition) is 1. The summed E-state index contributed by atoms with van der Waals surface area (Å²) >= 11 is 5.93. The van der Waals surface area contributed by atoms with Gasteiger partial charge in [0, 0.05) is 19.3 Å². The molecule has 0 aliphatic carbocycles. The molecule has 0 unspecified atom stereocenters. The molecule has 0 aromatic heterocycles. The number of sulfonamides is 1. The Morgan fingerprint density at radius 3 is 2.30 bits per heavy atom. The molecule has 130 valence electrons. The molecule has 0 saturated heterocycles. The lowest BCUT2D eigenvalue weighted by molar-refractivity contribution is -0.121. The van der Waals surface area contributed by atoms with Crippen molar-refractivity contribution in [2.75, 3.05) is 25.9 Å². The Balaban J connectivity index is 3.33. The first kappa shape index (κ1) is 19.9. The van der Waals surface area contributed by atoms with E-state index in [-0.39, 0.29) is 27.9 Å². The highest BCUT2D eigenvalue weighted by Crippen LogP contribution is 2.27. The first-order valence-electron chi connectivity index (χ1n) is 6.80. The van der Waals surface area contributed by atoms with E-state index in [0.29, 0.717) is 6.54 Å². The van der Waals surface area contributed by atoms with Crippen LogP contribution >= 0.6 is 11.6 Å². The van der Waals surface area contributed by atoms with E-state index in [2.05, 4.69) is 5.32 Å². The number of likely N-dealkylation sites (N-methyl/N-ethyl adjacent to an activating group) is 2. The number of nitrogens with one attached hydrogen (secondary N) is 1. The van der Waals surface area contributed by atoms with Gasteiger partial charge in [-0.25, -0.2) is 16.8 Å². The highest BCUT2D eigenvalue weighted by Gasteiger charge is 2.28. The van der Waals surface area contributed by atoms with Gasteiger partial charge in [-0.2, -0.15) is 4.31 Å². The molecule has 0 bridgehead atoms. The number of hydrogen-bond acceptors (Lipinski definition) is 5. The van der Waals surface area contributed by atoms with Gasteiger partial charge in [0.2, 0.25) is 15.9 Å². The number of rotatable bonds is 7. The van der Waals surface area contributed by atoms with E-state index < -0.39 is 25.8 Å². The third-order valence-corrected chi connectivity index (χ3v) is 6.51. The Bertz CT molecular complexity index is 791. The van der Waals surface area contributed by atoms with Crippen molar-refractivity contribution in [3.63, 3.8) is 0 Å². The van der Waals surface area contributed by atoms with Crippen molar-refractivity contribution in [3.05, 3.63) is 23.2 Å². The molecule has 23 heavy (non-hydrogen) atoms. The second-order valence-electron chi connectivity index (χ2n) is 4.75. The van der Waals surface area contributed by atoms with Crippen LogP contribution < -0.4 is 5.32 Å². The summed E-state index contributed by atoms with van der Waals surface area (Å²) in [6.07, 6.45) is 0.971. The zero-order valence-corrected chi connectivity index (χ0v) is 15.4. The van der Waals surface area contributed by atoms with Gasteiger partial charge >= 0.3 is 0 Å². The van der Waals surface area contributed by atoms with Crippen LogP contribution in [0.15, 0.2) is 28.0 Å². The van der Waals surface area contributed by atoms with Crippen LogP contribution in [0.2, 0.25) is 5.02 Å². The smallest absolute Gasteiger partial charge is 0.245 e. The Labute approximate surface area is 141 Å². The quantitative estimate of drug-likeness (QED) is 0.754. The van der Waals surface area contributed by atoms with Crippen molar-refractivity contribution in [1.82, 2.24) is 9.62 Å². The molecule has 1 N–H and O–H groups in total. The van der Waals surface area contributed by atoms with Gasteiger partial charge in [-0.1, -0.05) is 18.5 Å². The fourth-order valence-electron chi connectivity index (χ4n) is 1.83. The van der Waals surface area contributed by atoms with Gasteiger partial charge in [0.05, 0.1) is 16.5 Å². The van der Waals surface area contributed by atoms with Crippen LogP contribution in [-0.2, 0) is 24.7 Å². The minimum Gasteiger partial charge on any atom is -0.355 e. The number of benzene rings is 1. The van der Waals surface area contributed by atoms with Crippen LogP contribution in [0.3, 0.4) is 0 Å². The van der Waals surface area contributed by atoms with Crippen molar-refractivity contribution in [2.45, 2.75) is 23.6 Å². The third-order valence-electron chi connectivity index (χ3n) is 3.00. The molecular formula is C13H19ClN2O5S2. The van der Waals surface area contributed by atoms with Crippen LogP contribution in [0, 0.1) is 0 Å². The lowest BCUT2D eigenvalue weighted by atomic mass is 10.4. The Kier molecular flexibility index (Phi) is 6.58. The summed E-state index contributed by atoms with van der Waals surface area (Å²) in [6, 6.07) is 3.45. The molecule has 1 rings (SSSR count). The minimum atomic E-state index is -4.10. The van der Waals surface area contributed by atoms with Gasteiger partial charge in [0.15, 0.2) is 9.84 Å². The zero-order valence-electron chi connectivity index (χ0n) is 13.0. The molecule has 0 aliphatic rings. The standard InChI is InChI=1S/C13H19ClN2O5S2/c1-4-15-13(17)9-16(5-2)23(20,21)12-8-10(22(3,18)19)6-7-11(12)14/h6-8H,4-5,9H2,1-3H3,(H,15,17). The van der Waals surface area contributed by atoms with Crippen molar-refractivity contribution < 1.29 is 21.6 Å². The first-order valence-corrected chi connectivity index (χ1v) is 10.5. The normalized spacial score (nSPS) is 12.4. The maximum atomic E-state index is 12.7. The maximum absolute atomic E-state index is 12.7. The molecule has 1 amide bonds. The monoisotopic (exact) mass is 382 g/mol. The Hall–Kier alpha value is -1.16. The number of carbonyl (C=O) groups excluding carboxylic acids is 1. The lowest BCUT2D eigenvalue weighted by Crippen LogP contribution is -2.40. The molecule has 0 spiro atoms. The highest BCUT2D eigenvalue weighted by molar-refractivity contribution is 7.91.